The molecule has 0 atom stereocenters. The van der Waals surface area contributed by atoms with E-state index < -0.39 is 10.0 Å². The van der Waals surface area contributed by atoms with Crippen molar-refractivity contribution in [1.82, 2.24) is 24.7 Å². The normalized spacial score (nSPS) is 14.3. The van der Waals surface area contributed by atoms with Crippen molar-refractivity contribution in [2.75, 3.05) is 42.3 Å². The van der Waals surface area contributed by atoms with Crippen LogP contribution in [0.1, 0.15) is 25.6 Å². The second-order valence-electron chi connectivity index (χ2n) is 6.43. The van der Waals surface area contributed by atoms with Gasteiger partial charge in [-0.15, -0.1) is 0 Å². The predicted molar refractivity (Wildman–Crippen MR) is 106 cm³/mol. The molecule has 0 unspecified atom stereocenters. The number of aromatic nitrogens is 4. The molecule has 28 heavy (non-hydrogen) atoms. The first-order valence-corrected chi connectivity index (χ1v) is 10.9. The Balaban J connectivity index is 1.77. The highest BCUT2D eigenvalue weighted by atomic mass is 32.2. The molecule has 2 aromatic heterocycles. The summed E-state index contributed by atoms with van der Waals surface area (Å²) in [6, 6.07) is 0. The van der Waals surface area contributed by atoms with Gasteiger partial charge in [-0.2, -0.15) is 15.0 Å². The van der Waals surface area contributed by atoms with Gasteiger partial charge in [-0.05, 0) is 12.8 Å². The minimum atomic E-state index is -3.81. The van der Waals surface area contributed by atoms with Crippen molar-refractivity contribution in [3.05, 3.63) is 12.0 Å². The SMILES string of the molecule is CC(=O)Nc1ncc(S(=O)(=O)NCc2nc(N(C)C)nc(N3CCCC3)n2)s1. The fourth-order valence-corrected chi connectivity index (χ4v) is 4.66. The van der Waals surface area contributed by atoms with Gasteiger partial charge < -0.3 is 15.1 Å². The van der Waals surface area contributed by atoms with Gasteiger partial charge in [-0.25, -0.2) is 18.1 Å². The lowest BCUT2D eigenvalue weighted by Crippen LogP contribution is -2.27. The van der Waals surface area contributed by atoms with E-state index in [1.165, 1.54) is 13.1 Å². The van der Waals surface area contributed by atoms with Crippen LogP contribution in [-0.4, -0.2) is 61.4 Å². The molecule has 1 aliphatic rings. The summed E-state index contributed by atoms with van der Waals surface area (Å²) >= 11 is 0.872. The molecule has 1 fully saturated rings. The molecule has 0 saturated carbocycles. The van der Waals surface area contributed by atoms with Gasteiger partial charge in [0.2, 0.25) is 17.8 Å². The summed E-state index contributed by atoms with van der Waals surface area (Å²) in [5.74, 6) is 1.03. The number of hydrogen-bond acceptors (Lipinski definition) is 10. The minimum Gasteiger partial charge on any atom is -0.347 e. The smallest absolute Gasteiger partial charge is 0.252 e. The van der Waals surface area contributed by atoms with Crippen molar-refractivity contribution in [2.45, 2.75) is 30.5 Å². The maximum atomic E-state index is 12.5. The number of carbonyl (C=O) groups excluding carboxylic acids is 1. The Labute approximate surface area is 167 Å². The molecule has 0 radical (unpaired) electrons. The first-order valence-electron chi connectivity index (χ1n) is 8.65. The molecule has 0 aliphatic carbocycles. The lowest BCUT2D eigenvalue weighted by atomic mass is 10.4. The monoisotopic (exact) mass is 426 g/mol. The molecule has 152 valence electrons. The summed E-state index contributed by atoms with van der Waals surface area (Å²) in [6.07, 6.45) is 3.35. The summed E-state index contributed by atoms with van der Waals surface area (Å²) < 4.78 is 27.5. The molecule has 0 aromatic carbocycles. The number of amides is 1. The highest BCUT2D eigenvalue weighted by molar-refractivity contribution is 7.91. The molecule has 3 heterocycles. The Hall–Kier alpha value is -2.38. The number of thiazole rings is 1. The summed E-state index contributed by atoms with van der Waals surface area (Å²) in [7, 11) is -0.177. The third-order valence-corrected chi connectivity index (χ3v) is 6.67. The van der Waals surface area contributed by atoms with E-state index in [1.807, 2.05) is 14.1 Å². The fraction of sp³-hybridized carbons (Fsp3) is 0.533. The van der Waals surface area contributed by atoms with Crippen molar-refractivity contribution in [3.63, 3.8) is 0 Å². The highest BCUT2D eigenvalue weighted by Gasteiger charge is 2.21. The number of rotatable bonds is 7. The van der Waals surface area contributed by atoms with Crippen LogP contribution < -0.4 is 19.8 Å². The molecule has 1 amide bonds. The fourth-order valence-electron chi connectivity index (χ4n) is 2.56. The topological polar surface area (TPSA) is 133 Å². The van der Waals surface area contributed by atoms with Crippen LogP contribution in [0.15, 0.2) is 10.4 Å². The van der Waals surface area contributed by atoms with Crippen molar-refractivity contribution < 1.29 is 13.2 Å². The van der Waals surface area contributed by atoms with Gasteiger partial charge in [0.25, 0.3) is 10.0 Å². The number of carbonyl (C=O) groups is 1. The third-order valence-electron chi connectivity index (χ3n) is 3.90. The zero-order valence-electron chi connectivity index (χ0n) is 15.8. The third kappa shape index (κ3) is 4.91. The van der Waals surface area contributed by atoms with Crippen LogP contribution in [-0.2, 0) is 21.4 Å². The molecule has 2 N–H and O–H groups in total. The van der Waals surface area contributed by atoms with Gasteiger partial charge in [-0.1, -0.05) is 11.3 Å². The van der Waals surface area contributed by atoms with Crippen LogP contribution in [0.4, 0.5) is 17.0 Å². The van der Waals surface area contributed by atoms with E-state index in [0.29, 0.717) is 17.7 Å². The van der Waals surface area contributed by atoms with Crippen LogP contribution in [0, 0.1) is 0 Å². The Morgan fingerprint density at radius 2 is 1.96 bits per heavy atom. The average molecular weight is 427 g/mol. The van der Waals surface area contributed by atoms with Gasteiger partial charge in [0, 0.05) is 34.1 Å². The number of anilines is 3. The van der Waals surface area contributed by atoms with Crippen LogP contribution in [0.3, 0.4) is 0 Å². The van der Waals surface area contributed by atoms with Crippen molar-refractivity contribution in [1.29, 1.82) is 0 Å². The molecule has 0 spiro atoms. The van der Waals surface area contributed by atoms with Crippen LogP contribution >= 0.6 is 11.3 Å². The number of sulfonamides is 1. The van der Waals surface area contributed by atoms with Crippen molar-refractivity contribution in [3.8, 4) is 0 Å². The van der Waals surface area contributed by atoms with Crippen molar-refractivity contribution in [2.24, 2.45) is 0 Å². The quantitative estimate of drug-likeness (QED) is 0.646. The standard InChI is InChI=1S/C15H22N8O3S2/c1-10(24)18-15-16-9-12(27-15)28(25,26)17-8-11-19-13(22(2)3)21-14(20-11)23-6-4-5-7-23/h9,17H,4-8H2,1-3H3,(H,16,18,24). The zero-order chi connectivity index (χ0) is 20.3. The van der Waals surface area contributed by atoms with E-state index in [4.69, 9.17) is 0 Å². The van der Waals surface area contributed by atoms with Gasteiger partial charge in [0.1, 0.15) is 0 Å². The second kappa shape index (κ2) is 8.32. The molecule has 13 heteroatoms. The predicted octanol–water partition coefficient (Wildman–Crippen LogP) is 0.431. The molecule has 2 aromatic rings. The molecular weight excluding hydrogens is 404 g/mol. The summed E-state index contributed by atoms with van der Waals surface area (Å²) in [6.45, 7) is 2.98. The van der Waals surface area contributed by atoms with Gasteiger partial charge in [0.05, 0.1) is 12.7 Å². The largest absolute Gasteiger partial charge is 0.347 e. The maximum absolute atomic E-state index is 12.5. The van der Waals surface area contributed by atoms with Crippen LogP contribution in [0.2, 0.25) is 0 Å². The van der Waals surface area contributed by atoms with E-state index >= 15 is 0 Å². The molecule has 11 nitrogen and oxygen atoms in total. The molecule has 1 aliphatic heterocycles. The molecular formula is C15H22N8O3S2. The van der Waals surface area contributed by atoms with Gasteiger partial charge >= 0.3 is 0 Å². The van der Waals surface area contributed by atoms with Crippen LogP contribution in [0.25, 0.3) is 0 Å². The Morgan fingerprint density at radius 1 is 1.25 bits per heavy atom. The molecule has 1 saturated heterocycles. The second-order valence-corrected chi connectivity index (χ2v) is 9.45. The minimum absolute atomic E-state index is 0.00194. The average Bonchev–Trinajstić information content (AvgIpc) is 3.31. The van der Waals surface area contributed by atoms with E-state index in [2.05, 4.69) is 34.9 Å². The molecule has 0 bridgehead atoms. The van der Waals surface area contributed by atoms with E-state index in [9.17, 15) is 13.2 Å². The Morgan fingerprint density at radius 3 is 2.61 bits per heavy atom. The maximum Gasteiger partial charge on any atom is 0.252 e. The number of nitrogens with zero attached hydrogens (tertiary/aromatic N) is 6. The highest BCUT2D eigenvalue weighted by Crippen LogP contribution is 2.23. The first-order chi connectivity index (χ1) is 13.2. The summed E-state index contributed by atoms with van der Waals surface area (Å²) in [5, 5.41) is 2.68. The Kier molecular flexibility index (Phi) is 6.05. The summed E-state index contributed by atoms with van der Waals surface area (Å²) in [4.78, 5) is 32.0. The van der Waals surface area contributed by atoms with E-state index in [1.54, 1.807) is 4.90 Å². The lowest BCUT2D eigenvalue weighted by Gasteiger charge is -2.18. The molecule has 3 rings (SSSR count). The van der Waals surface area contributed by atoms with Gasteiger partial charge in [0.15, 0.2) is 15.2 Å². The van der Waals surface area contributed by atoms with Gasteiger partial charge in [-0.3, -0.25) is 4.79 Å². The zero-order valence-corrected chi connectivity index (χ0v) is 17.5. The summed E-state index contributed by atoms with van der Waals surface area (Å²) in [5.41, 5.74) is 0. The van der Waals surface area contributed by atoms with E-state index in [-0.39, 0.29) is 21.8 Å². The Bertz CT molecular complexity index is 954. The first kappa shape index (κ1) is 20.4. The van der Waals surface area contributed by atoms with Crippen molar-refractivity contribution >= 4 is 44.3 Å². The van der Waals surface area contributed by atoms with E-state index in [0.717, 1.165) is 37.3 Å². The van der Waals surface area contributed by atoms with Crippen LogP contribution in [0.5, 0.6) is 0 Å². The number of nitrogens with one attached hydrogen (secondary N) is 2. The lowest BCUT2D eigenvalue weighted by molar-refractivity contribution is -0.114. The number of hydrogen-bond donors (Lipinski definition) is 2.